The minimum absolute atomic E-state index is 0.839. The van der Waals surface area contributed by atoms with E-state index in [4.69, 9.17) is 4.42 Å². The third-order valence-electron chi connectivity index (χ3n) is 3.04. The molecule has 84 valence electrons. The molecule has 2 nitrogen and oxygen atoms in total. The summed E-state index contributed by atoms with van der Waals surface area (Å²) in [6.45, 7) is 4.19. The van der Waals surface area contributed by atoms with Crippen molar-refractivity contribution in [2.45, 2.75) is 13.8 Å². The zero-order valence-corrected chi connectivity index (χ0v) is 9.90. The fourth-order valence-electron chi connectivity index (χ4n) is 2.05. The largest absolute Gasteiger partial charge is 0.443 e. The highest BCUT2D eigenvalue weighted by molar-refractivity contribution is 5.82. The molecule has 0 aliphatic carbocycles. The van der Waals surface area contributed by atoms with Crippen LogP contribution in [-0.2, 0) is 0 Å². The van der Waals surface area contributed by atoms with E-state index in [9.17, 15) is 0 Å². The molecule has 0 N–H and O–H groups in total. The van der Waals surface area contributed by atoms with E-state index in [1.54, 1.807) is 0 Å². The van der Waals surface area contributed by atoms with Crippen LogP contribution in [0.5, 0.6) is 0 Å². The Bertz CT molecular complexity index is 665. The summed E-state index contributed by atoms with van der Waals surface area (Å²) in [6, 6.07) is 12.6. The molecule has 2 aromatic carbocycles. The van der Waals surface area contributed by atoms with Crippen molar-refractivity contribution in [3.05, 3.63) is 53.9 Å². The summed E-state index contributed by atoms with van der Waals surface area (Å²) >= 11 is 0. The number of fused-ring (bicyclic) bond motifs is 1. The van der Waals surface area contributed by atoms with Crippen LogP contribution in [0, 0.1) is 13.8 Å². The molecule has 1 aromatic heterocycles. The van der Waals surface area contributed by atoms with E-state index in [0.29, 0.717) is 0 Å². The van der Waals surface area contributed by atoms with Gasteiger partial charge < -0.3 is 4.42 Å². The first-order chi connectivity index (χ1) is 8.24. The lowest BCUT2D eigenvalue weighted by Crippen LogP contribution is -1.84. The van der Waals surface area contributed by atoms with Gasteiger partial charge in [-0.1, -0.05) is 29.8 Å². The van der Waals surface area contributed by atoms with Crippen LogP contribution in [0.1, 0.15) is 11.1 Å². The highest BCUT2D eigenvalue weighted by Gasteiger charge is 2.06. The monoisotopic (exact) mass is 223 g/mol. The Morgan fingerprint density at radius 1 is 1.00 bits per heavy atom. The Kier molecular flexibility index (Phi) is 2.22. The van der Waals surface area contributed by atoms with Crippen LogP contribution in [0.4, 0.5) is 0 Å². The number of nitrogens with zero attached hydrogens (tertiary/aromatic N) is 1. The average Bonchev–Trinajstić information content (AvgIpc) is 2.76. The van der Waals surface area contributed by atoms with Crippen molar-refractivity contribution in [3.63, 3.8) is 0 Å². The summed E-state index contributed by atoms with van der Waals surface area (Å²) in [6.07, 6.45) is 1.49. The average molecular weight is 223 g/mol. The highest BCUT2D eigenvalue weighted by Crippen LogP contribution is 2.27. The molecule has 0 aliphatic heterocycles. The molecule has 2 heteroatoms. The van der Waals surface area contributed by atoms with Gasteiger partial charge in [-0.15, -0.1) is 0 Å². The summed E-state index contributed by atoms with van der Waals surface area (Å²) in [5, 5.41) is 0. The Labute approximate surface area is 99.9 Å². The fourth-order valence-corrected chi connectivity index (χ4v) is 2.05. The molecule has 0 unspecified atom stereocenters. The van der Waals surface area contributed by atoms with Gasteiger partial charge in [-0.2, -0.15) is 0 Å². The van der Waals surface area contributed by atoms with Gasteiger partial charge in [0.25, 0.3) is 0 Å². The Morgan fingerprint density at radius 2 is 1.76 bits per heavy atom. The van der Waals surface area contributed by atoms with E-state index in [2.05, 4.69) is 55.2 Å². The summed E-state index contributed by atoms with van der Waals surface area (Å²) in [7, 11) is 0. The van der Waals surface area contributed by atoms with Crippen molar-refractivity contribution in [1.29, 1.82) is 0 Å². The maximum Gasteiger partial charge on any atom is 0.181 e. The van der Waals surface area contributed by atoms with Crippen molar-refractivity contribution in [1.82, 2.24) is 4.98 Å². The topological polar surface area (TPSA) is 26.0 Å². The smallest absolute Gasteiger partial charge is 0.181 e. The van der Waals surface area contributed by atoms with Crippen LogP contribution < -0.4 is 0 Å². The number of hydrogen-bond donors (Lipinski definition) is 0. The molecule has 0 fully saturated rings. The van der Waals surface area contributed by atoms with Crippen LogP contribution in [0.15, 0.2) is 47.2 Å². The van der Waals surface area contributed by atoms with Crippen LogP contribution in [0.2, 0.25) is 0 Å². The van der Waals surface area contributed by atoms with E-state index >= 15 is 0 Å². The van der Waals surface area contributed by atoms with Gasteiger partial charge in [0.05, 0.1) is 0 Å². The van der Waals surface area contributed by atoms with E-state index in [1.807, 2.05) is 0 Å². The number of rotatable bonds is 1. The minimum atomic E-state index is 0.839. The predicted molar refractivity (Wildman–Crippen MR) is 68.9 cm³/mol. The maximum absolute atomic E-state index is 5.35. The molecule has 0 aliphatic rings. The lowest BCUT2D eigenvalue weighted by Gasteiger charge is -2.06. The number of benzene rings is 2. The molecular formula is C15H13NO. The molecule has 17 heavy (non-hydrogen) atoms. The van der Waals surface area contributed by atoms with Gasteiger partial charge in [0.2, 0.25) is 0 Å². The molecule has 0 saturated carbocycles. The Morgan fingerprint density at radius 3 is 2.53 bits per heavy atom. The Hall–Kier alpha value is -2.09. The molecule has 0 radical (unpaired) electrons. The van der Waals surface area contributed by atoms with Gasteiger partial charge >= 0.3 is 0 Å². The molecular weight excluding hydrogens is 210 g/mol. The number of aryl methyl sites for hydroxylation is 2. The maximum atomic E-state index is 5.35. The van der Waals surface area contributed by atoms with Gasteiger partial charge in [0, 0.05) is 0 Å². The van der Waals surface area contributed by atoms with Gasteiger partial charge in [-0.3, -0.25) is 0 Å². The van der Waals surface area contributed by atoms with E-state index < -0.39 is 0 Å². The van der Waals surface area contributed by atoms with Crippen molar-refractivity contribution in [2.75, 3.05) is 0 Å². The first kappa shape index (κ1) is 10.1. The van der Waals surface area contributed by atoms with Crippen LogP contribution in [0.3, 0.4) is 0 Å². The number of aromatic nitrogens is 1. The molecule has 0 amide bonds. The summed E-state index contributed by atoms with van der Waals surface area (Å²) in [5.41, 5.74) is 6.66. The first-order valence-corrected chi connectivity index (χ1v) is 5.65. The second kappa shape index (κ2) is 3.74. The van der Waals surface area contributed by atoms with Crippen LogP contribution in [-0.4, -0.2) is 4.98 Å². The molecule has 0 bridgehead atoms. The lowest BCUT2D eigenvalue weighted by molar-refractivity contribution is 0.602. The minimum Gasteiger partial charge on any atom is -0.443 e. The van der Waals surface area contributed by atoms with Crippen molar-refractivity contribution < 1.29 is 4.42 Å². The third-order valence-corrected chi connectivity index (χ3v) is 3.04. The quantitative estimate of drug-likeness (QED) is 0.620. The van der Waals surface area contributed by atoms with Crippen molar-refractivity contribution >= 4 is 11.1 Å². The first-order valence-electron chi connectivity index (χ1n) is 5.65. The second-order valence-electron chi connectivity index (χ2n) is 4.35. The van der Waals surface area contributed by atoms with Crippen LogP contribution >= 0.6 is 0 Å². The summed E-state index contributed by atoms with van der Waals surface area (Å²) in [5.74, 6) is 0. The standard InChI is InChI=1S/C15H13NO/c1-10-3-5-12(6-4-10)13-8-15-14(7-11(13)2)16-9-17-15/h3-9H,1-2H3. The molecule has 0 saturated heterocycles. The van der Waals surface area contributed by atoms with E-state index in [1.165, 1.54) is 28.6 Å². The fraction of sp³-hybridized carbons (Fsp3) is 0.133. The molecule has 3 rings (SSSR count). The predicted octanol–water partition coefficient (Wildman–Crippen LogP) is 4.11. The molecule has 0 atom stereocenters. The van der Waals surface area contributed by atoms with Crippen molar-refractivity contribution in [3.8, 4) is 11.1 Å². The zero-order chi connectivity index (χ0) is 11.8. The van der Waals surface area contributed by atoms with Gasteiger partial charge in [0.15, 0.2) is 12.0 Å². The number of oxazole rings is 1. The van der Waals surface area contributed by atoms with E-state index in [0.717, 1.165) is 11.1 Å². The van der Waals surface area contributed by atoms with Crippen LogP contribution in [0.25, 0.3) is 22.2 Å². The summed E-state index contributed by atoms with van der Waals surface area (Å²) in [4.78, 5) is 4.16. The van der Waals surface area contributed by atoms with Crippen molar-refractivity contribution in [2.24, 2.45) is 0 Å². The lowest BCUT2D eigenvalue weighted by atomic mass is 9.99. The normalized spacial score (nSPS) is 10.9. The number of hydrogen-bond acceptors (Lipinski definition) is 2. The highest BCUT2D eigenvalue weighted by atomic mass is 16.3. The Balaban J connectivity index is 2.21. The second-order valence-corrected chi connectivity index (χ2v) is 4.35. The van der Waals surface area contributed by atoms with E-state index in [-0.39, 0.29) is 0 Å². The molecule has 1 heterocycles. The van der Waals surface area contributed by atoms with Gasteiger partial charge in [0.1, 0.15) is 5.52 Å². The molecule has 0 spiro atoms. The van der Waals surface area contributed by atoms with Gasteiger partial charge in [-0.05, 0) is 42.7 Å². The third kappa shape index (κ3) is 1.72. The summed E-state index contributed by atoms with van der Waals surface area (Å²) < 4.78 is 5.35. The SMILES string of the molecule is Cc1ccc(-c2cc3ocnc3cc2C)cc1. The zero-order valence-electron chi connectivity index (χ0n) is 9.90. The van der Waals surface area contributed by atoms with Gasteiger partial charge in [-0.25, -0.2) is 4.98 Å². The molecule has 3 aromatic rings.